The highest BCUT2D eigenvalue weighted by Gasteiger charge is 2.60. The third kappa shape index (κ3) is 3.89. The van der Waals surface area contributed by atoms with Crippen LogP contribution in [-0.4, -0.2) is 59.8 Å². The summed E-state index contributed by atoms with van der Waals surface area (Å²) in [5.41, 5.74) is -2.14. The molecule has 0 aromatic heterocycles. The van der Waals surface area contributed by atoms with Crippen LogP contribution in [0, 0.1) is 0 Å². The molecule has 0 radical (unpaired) electrons. The average Bonchev–Trinajstić information content (AvgIpc) is 3.16. The first-order chi connectivity index (χ1) is 14.0. The first kappa shape index (κ1) is 22.5. The lowest BCUT2D eigenvalue weighted by atomic mass is 9.82. The molecule has 0 aliphatic carbocycles. The smallest absolute Gasteiger partial charge is 0.343 e. The van der Waals surface area contributed by atoms with Gasteiger partial charge in [-0.05, 0) is 26.3 Å². The zero-order chi connectivity index (χ0) is 22.3. The lowest BCUT2D eigenvalue weighted by Gasteiger charge is -2.42. The van der Waals surface area contributed by atoms with Gasteiger partial charge in [0.2, 0.25) is 0 Å². The fourth-order valence-corrected chi connectivity index (χ4v) is 4.22. The Kier molecular flexibility index (Phi) is 5.83. The Morgan fingerprint density at radius 1 is 1.30 bits per heavy atom. The van der Waals surface area contributed by atoms with Gasteiger partial charge in [-0.15, -0.1) is 0 Å². The molecular formula is C21H28O9. The zero-order valence-electron chi connectivity index (χ0n) is 17.9. The second-order valence-electron chi connectivity index (χ2n) is 8.25. The maximum absolute atomic E-state index is 12.6. The third-order valence-electron chi connectivity index (χ3n) is 5.86. The molecular weight excluding hydrogens is 396 g/mol. The number of ether oxygens (including phenoxy) is 5. The number of hydrogen-bond acceptors (Lipinski definition) is 9. The quantitative estimate of drug-likeness (QED) is 0.519. The minimum absolute atomic E-state index is 0.0639. The number of rotatable bonds is 5. The fraction of sp³-hybridized carbons (Fsp3) is 0.667. The number of fused-ring (bicyclic) bond motifs is 3. The van der Waals surface area contributed by atoms with E-state index in [1.54, 1.807) is 26.8 Å². The highest BCUT2D eigenvalue weighted by molar-refractivity contribution is 5.95. The molecule has 1 saturated heterocycles. The summed E-state index contributed by atoms with van der Waals surface area (Å²) in [6.07, 6.45) is 1.48. The predicted molar refractivity (Wildman–Crippen MR) is 102 cm³/mol. The topological polar surface area (TPSA) is 118 Å². The van der Waals surface area contributed by atoms with Gasteiger partial charge in [0.05, 0.1) is 11.2 Å². The highest BCUT2D eigenvalue weighted by Crippen LogP contribution is 2.50. The van der Waals surface area contributed by atoms with Crippen molar-refractivity contribution < 1.29 is 43.2 Å². The van der Waals surface area contributed by atoms with E-state index in [0.29, 0.717) is 12.8 Å². The molecule has 1 fully saturated rings. The van der Waals surface area contributed by atoms with Crippen molar-refractivity contribution in [2.75, 3.05) is 13.7 Å². The van der Waals surface area contributed by atoms with E-state index in [4.69, 9.17) is 23.7 Å². The fourth-order valence-electron chi connectivity index (χ4n) is 4.22. The number of esters is 3. The van der Waals surface area contributed by atoms with Gasteiger partial charge in [-0.2, -0.15) is 0 Å². The van der Waals surface area contributed by atoms with Crippen LogP contribution >= 0.6 is 0 Å². The Hall–Kier alpha value is -2.23. The number of hydrogen-bond donors (Lipinski definition) is 1. The molecule has 2 bridgehead atoms. The molecule has 30 heavy (non-hydrogen) atoms. The van der Waals surface area contributed by atoms with Crippen LogP contribution in [0.1, 0.15) is 53.4 Å². The molecule has 4 atom stereocenters. The monoisotopic (exact) mass is 424 g/mol. The molecule has 0 saturated carbocycles. The van der Waals surface area contributed by atoms with Crippen LogP contribution in [0.4, 0.5) is 0 Å². The lowest BCUT2D eigenvalue weighted by molar-refractivity contribution is -0.310. The van der Waals surface area contributed by atoms with Crippen LogP contribution < -0.4 is 0 Å². The Morgan fingerprint density at radius 3 is 2.60 bits per heavy atom. The highest BCUT2D eigenvalue weighted by atomic mass is 16.7. The van der Waals surface area contributed by atoms with E-state index < -0.39 is 41.0 Å². The molecule has 0 amide bonds. The standard InChI is InChI=1S/C21H28O9/c1-6-16(23)28-15-10-20(4,25)21(26-5)8-7-19(3,30-21)9-14-17(15)13(18(24)29-14)11-27-12(2)22/h9,15,25H,6-8,10-11H2,1-5H3. The SMILES string of the molecule is CCC(=O)OC1CC(C)(O)C2(OC)CCC(C)(C=C3OC(=O)C(COC(C)=O)=C31)O2. The van der Waals surface area contributed by atoms with Crippen molar-refractivity contribution in [3.8, 4) is 0 Å². The molecule has 0 aromatic rings. The van der Waals surface area contributed by atoms with Crippen molar-refractivity contribution >= 4 is 17.9 Å². The van der Waals surface area contributed by atoms with E-state index in [-0.39, 0.29) is 36.4 Å². The first-order valence-electron chi connectivity index (χ1n) is 9.95. The van der Waals surface area contributed by atoms with Gasteiger partial charge in [0, 0.05) is 38.9 Å². The van der Waals surface area contributed by atoms with Gasteiger partial charge in [-0.1, -0.05) is 6.92 Å². The van der Waals surface area contributed by atoms with Crippen molar-refractivity contribution in [3.05, 3.63) is 23.0 Å². The van der Waals surface area contributed by atoms with Gasteiger partial charge in [0.1, 0.15) is 24.1 Å². The van der Waals surface area contributed by atoms with E-state index in [0.717, 1.165) is 0 Å². The molecule has 3 aliphatic rings. The molecule has 166 valence electrons. The van der Waals surface area contributed by atoms with Crippen molar-refractivity contribution in [2.24, 2.45) is 0 Å². The van der Waals surface area contributed by atoms with Crippen LogP contribution in [0.5, 0.6) is 0 Å². The molecule has 9 nitrogen and oxygen atoms in total. The molecule has 3 rings (SSSR count). The predicted octanol–water partition coefficient (Wildman–Crippen LogP) is 1.68. The second kappa shape index (κ2) is 7.79. The van der Waals surface area contributed by atoms with E-state index in [2.05, 4.69) is 0 Å². The van der Waals surface area contributed by atoms with Gasteiger partial charge in [-0.3, -0.25) is 9.59 Å². The Labute approximate surface area is 174 Å². The van der Waals surface area contributed by atoms with Crippen molar-refractivity contribution in [2.45, 2.75) is 76.5 Å². The Morgan fingerprint density at radius 2 is 2.00 bits per heavy atom. The summed E-state index contributed by atoms with van der Waals surface area (Å²) in [5.74, 6) is -2.96. The minimum Gasteiger partial charge on any atom is -0.461 e. The summed E-state index contributed by atoms with van der Waals surface area (Å²) in [5, 5.41) is 11.4. The van der Waals surface area contributed by atoms with Crippen LogP contribution in [0.3, 0.4) is 0 Å². The average molecular weight is 424 g/mol. The summed E-state index contributed by atoms with van der Waals surface area (Å²) in [6, 6.07) is 0. The van der Waals surface area contributed by atoms with E-state index >= 15 is 0 Å². The first-order valence-corrected chi connectivity index (χ1v) is 9.95. The van der Waals surface area contributed by atoms with Gasteiger partial charge < -0.3 is 28.8 Å². The van der Waals surface area contributed by atoms with Crippen LogP contribution in [0.25, 0.3) is 0 Å². The van der Waals surface area contributed by atoms with E-state index in [1.807, 2.05) is 0 Å². The number of carbonyl (C=O) groups excluding carboxylic acids is 3. The zero-order valence-corrected chi connectivity index (χ0v) is 17.9. The minimum atomic E-state index is -1.58. The molecule has 1 N–H and O–H groups in total. The second-order valence-corrected chi connectivity index (χ2v) is 8.25. The molecule has 0 aromatic carbocycles. The van der Waals surface area contributed by atoms with Crippen molar-refractivity contribution in [1.82, 2.24) is 0 Å². The Balaban J connectivity index is 2.17. The summed E-state index contributed by atoms with van der Waals surface area (Å²) in [6.45, 7) is 5.87. The van der Waals surface area contributed by atoms with Gasteiger partial charge in [-0.25, -0.2) is 4.79 Å². The summed E-state index contributed by atoms with van der Waals surface area (Å²) >= 11 is 0. The normalized spacial score (nSPS) is 35.6. The molecule has 3 heterocycles. The maximum Gasteiger partial charge on any atom is 0.343 e. The summed E-state index contributed by atoms with van der Waals surface area (Å²) < 4.78 is 27.9. The van der Waals surface area contributed by atoms with Crippen LogP contribution in [-0.2, 0) is 38.1 Å². The summed E-state index contributed by atoms with van der Waals surface area (Å²) in [4.78, 5) is 36.1. The largest absolute Gasteiger partial charge is 0.461 e. The molecule has 4 unspecified atom stereocenters. The Bertz CT molecular complexity index is 824. The van der Waals surface area contributed by atoms with Crippen molar-refractivity contribution in [3.63, 3.8) is 0 Å². The number of methoxy groups -OCH3 is 1. The van der Waals surface area contributed by atoms with Gasteiger partial charge in [0.15, 0.2) is 5.79 Å². The van der Waals surface area contributed by atoms with Crippen molar-refractivity contribution in [1.29, 1.82) is 0 Å². The van der Waals surface area contributed by atoms with Crippen LogP contribution in [0.2, 0.25) is 0 Å². The van der Waals surface area contributed by atoms with E-state index in [9.17, 15) is 19.5 Å². The molecule has 9 heteroatoms. The lowest BCUT2D eigenvalue weighted by Crippen LogP contribution is -2.56. The summed E-state index contributed by atoms with van der Waals surface area (Å²) in [7, 11) is 1.45. The van der Waals surface area contributed by atoms with E-state index in [1.165, 1.54) is 14.0 Å². The maximum atomic E-state index is 12.6. The number of carbonyl (C=O) groups is 3. The molecule has 0 spiro atoms. The number of aliphatic hydroxyl groups is 1. The van der Waals surface area contributed by atoms with Gasteiger partial charge >= 0.3 is 17.9 Å². The molecule has 3 aliphatic heterocycles. The van der Waals surface area contributed by atoms with Gasteiger partial charge in [0.25, 0.3) is 0 Å². The van der Waals surface area contributed by atoms with Crippen LogP contribution in [0.15, 0.2) is 23.0 Å². The third-order valence-corrected chi connectivity index (χ3v) is 5.86.